The van der Waals surface area contributed by atoms with Crippen molar-refractivity contribution >= 4 is 35.0 Å². The van der Waals surface area contributed by atoms with Gasteiger partial charge in [-0.25, -0.2) is 9.55 Å². The number of H-pyrrole nitrogens is 1. The summed E-state index contributed by atoms with van der Waals surface area (Å²) in [5, 5.41) is 15.3. The fourth-order valence-electron chi connectivity index (χ4n) is 14.7. The van der Waals surface area contributed by atoms with Crippen LogP contribution in [0.5, 0.6) is 0 Å². The average molecular weight is 1440 g/mol. The number of carbonyl (C=O) groups is 4. The highest BCUT2D eigenvalue weighted by Crippen LogP contribution is 2.23. The molecular formula is C90H155N10O4+. The molecule has 0 unspecified atom stereocenters. The molecule has 588 valence electrons. The summed E-state index contributed by atoms with van der Waals surface area (Å²) in [5.74, 6) is -0.721. The van der Waals surface area contributed by atoms with E-state index >= 15 is 0 Å². The van der Waals surface area contributed by atoms with Gasteiger partial charge in [-0.05, 0) is 74.2 Å². The Bertz CT molecular complexity index is 2400. The molecule has 0 fully saturated rings. The first kappa shape index (κ1) is 90.7. The van der Waals surface area contributed by atoms with Gasteiger partial charge in [0.1, 0.15) is 31.0 Å². The monoisotopic (exact) mass is 1440 g/mol. The molecular weight excluding hydrogens is 1290 g/mol. The van der Waals surface area contributed by atoms with E-state index in [4.69, 9.17) is 0 Å². The third-order valence-corrected chi connectivity index (χ3v) is 21.4. The van der Waals surface area contributed by atoms with Crippen LogP contribution in [0.15, 0.2) is 96.2 Å². The first-order valence-corrected chi connectivity index (χ1v) is 44.0. The van der Waals surface area contributed by atoms with Gasteiger partial charge < -0.3 is 25.0 Å². The number of rotatable bonds is 72. The summed E-state index contributed by atoms with van der Waals surface area (Å²) in [6.45, 7) is 12.5. The van der Waals surface area contributed by atoms with Gasteiger partial charge in [0.25, 0.3) is 11.8 Å². The van der Waals surface area contributed by atoms with Gasteiger partial charge in [0.2, 0.25) is 18.1 Å². The highest BCUT2D eigenvalue weighted by Gasteiger charge is 2.30. The number of unbranched alkanes of at least 4 members (excludes halogenated alkanes) is 52. The third kappa shape index (κ3) is 46.4. The molecule has 0 aliphatic rings. The lowest BCUT2D eigenvalue weighted by molar-refractivity contribution is -0.696. The largest absolute Gasteiger partial charge is 0.341 e. The van der Waals surface area contributed by atoms with Crippen molar-refractivity contribution in [3.05, 3.63) is 97.1 Å². The van der Waals surface area contributed by atoms with E-state index in [9.17, 15) is 19.2 Å². The molecule has 104 heavy (non-hydrogen) atoms. The van der Waals surface area contributed by atoms with Gasteiger partial charge in [0.05, 0.1) is 24.2 Å². The molecule has 0 radical (unpaired) electrons. The molecule has 3 N–H and O–H groups in total. The van der Waals surface area contributed by atoms with Crippen molar-refractivity contribution < 1.29 is 23.7 Å². The van der Waals surface area contributed by atoms with Crippen LogP contribution in [0.3, 0.4) is 0 Å². The normalized spacial score (nSPS) is 12.2. The highest BCUT2D eigenvalue weighted by atomic mass is 16.2. The molecule has 0 aliphatic heterocycles. The molecule has 0 saturated carbocycles. The highest BCUT2D eigenvalue weighted by molar-refractivity contribution is 5.98. The Hall–Kier alpha value is -5.66. The van der Waals surface area contributed by atoms with Crippen LogP contribution in [-0.2, 0) is 22.7 Å². The van der Waals surface area contributed by atoms with Crippen LogP contribution < -0.4 is 15.2 Å². The first-order chi connectivity index (χ1) is 51.3. The van der Waals surface area contributed by atoms with Crippen molar-refractivity contribution in [2.75, 3.05) is 26.2 Å². The van der Waals surface area contributed by atoms with E-state index < -0.39 is 12.1 Å². The Morgan fingerprint density at radius 2 is 0.654 bits per heavy atom. The van der Waals surface area contributed by atoms with E-state index in [-0.39, 0.29) is 30.2 Å². The number of hydrogen-bond acceptors (Lipinski definition) is 7. The Labute approximate surface area is 636 Å². The molecule has 2 atom stereocenters. The lowest BCUT2D eigenvalue weighted by atomic mass is 10.0. The Morgan fingerprint density at radius 1 is 0.385 bits per heavy atom. The summed E-state index contributed by atoms with van der Waals surface area (Å²) in [7, 11) is 0. The van der Waals surface area contributed by atoms with Gasteiger partial charge in [-0.15, -0.1) is 0 Å². The van der Waals surface area contributed by atoms with Crippen molar-refractivity contribution in [3.8, 4) is 0 Å². The number of azo groups is 1. The number of aromatic amines is 1. The standard InChI is InChI=1S/C90H154N10O4/c1-5-9-13-17-21-25-29-33-37-41-45-49-53-57-71-99(72-58-54-50-46-42-38-34-30-26-22-18-14-10-6-2)89(103)85(77-97-75-69-91-79-97)93-87(101)81-61-65-83(66-62-81)95-96-84-67-63-82(64-68-84)88(102)94-86(78-98-76-70-92-80-98)90(104)100(73-59-55-51-47-43-39-35-31-27-23-19-15-11-7-3)74-60-56-52-48-44-40-36-32-28-24-20-16-12-8-4/h61-70,75-76,79-80,85-86H,5-60,71-74,77-78H2,1-4H3,(H2,93,94,101,102)/p+1/t85-,86-/m0/s1. The molecule has 4 amide bonds. The molecule has 2 aromatic carbocycles. The zero-order valence-corrected chi connectivity index (χ0v) is 67.3. The van der Waals surface area contributed by atoms with E-state index in [0.29, 0.717) is 55.2 Å². The van der Waals surface area contributed by atoms with Gasteiger partial charge in [-0.2, -0.15) is 10.2 Å². The summed E-state index contributed by atoms with van der Waals surface area (Å²) in [4.78, 5) is 69.3. The second-order valence-corrected chi connectivity index (χ2v) is 30.9. The van der Waals surface area contributed by atoms with Crippen LogP contribution >= 0.6 is 0 Å². The molecule has 2 heterocycles. The molecule has 4 aromatic rings. The van der Waals surface area contributed by atoms with Gasteiger partial charge >= 0.3 is 0 Å². The fraction of sp³-hybridized carbons (Fsp3) is 0.756. The van der Waals surface area contributed by atoms with Crippen LogP contribution in [0.1, 0.15) is 408 Å². The lowest BCUT2D eigenvalue weighted by Crippen LogP contribution is -2.55. The van der Waals surface area contributed by atoms with Crippen molar-refractivity contribution in [3.63, 3.8) is 0 Å². The second-order valence-electron chi connectivity index (χ2n) is 30.9. The number of imidazole rings is 2. The molecule has 0 spiro atoms. The van der Waals surface area contributed by atoms with E-state index in [2.05, 4.69) is 58.5 Å². The number of amides is 4. The first-order valence-electron chi connectivity index (χ1n) is 44.0. The predicted molar refractivity (Wildman–Crippen MR) is 437 cm³/mol. The van der Waals surface area contributed by atoms with Crippen molar-refractivity contribution in [1.82, 2.24) is 35.0 Å². The number of hydrogen-bond donors (Lipinski definition) is 3. The van der Waals surface area contributed by atoms with Crippen LogP contribution in [0, 0.1) is 0 Å². The number of nitrogens with one attached hydrogen (secondary N) is 3. The third-order valence-electron chi connectivity index (χ3n) is 21.4. The fourth-order valence-corrected chi connectivity index (χ4v) is 14.7. The number of nitrogens with zero attached hydrogens (tertiary/aromatic N) is 7. The maximum Gasteiger partial charge on any atom is 0.252 e. The van der Waals surface area contributed by atoms with Crippen molar-refractivity contribution in [2.45, 2.75) is 412 Å². The summed E-state index contributed by atoms with van der Waals surface area (Å²) in [6.07, 6.45) is 82.9. The predicted octanol–water partition coefficient (Wildman–Crippen LogP) is 25.1. The molecule has 0 saturated heterocycles. The molecule has 0 bridgehead atoms. The van der Waals surface area contributed by atoms with Crippen LogP contribution in [0.25, 0.3) is 0 Å². The van der Waals surface area contributed by atoms with Crippen molar-refractivity contribution in [1.29, 1.82) is 0 Å². The van der Waals surface area contributed by atoms with Crippen LogP contribution in [0.4, 0.5) is 11.4 Å². The van der Waals surface area contributed by atoms with Crippen LogP contribution in [0.2, 0.25) is 0 Å². The van der Waals surface area contributed by atoms with Gasteiger partial charge in [-0.1, -0.05) is 362 Å². The molecule has 4 rings (SSSR count). The molecule has 14 nitrogen and oxygen atoms in total. The average Bonchev–Trinajstić information content (AvgIpc) is 1.03. The SMILES string of the molecule is CCCCCCCCCCCCCCCCN(CCCCCCCCCCCCCCCC)C(=O)[C@H](Cn1ccnc1)NC(=O)c1ccc(N=Nc2ccc(C(=O)N[C@@H](C[n+]3cc[nH]c3)C(=O)N(CCCCCCCCCCCCCCCC)CCCCCCCCCCCCCCCC)cc2)cc1. The summed E-state index contributed by atoms with van der Waals surface area (Å²) in [5.41, 5.74) is 1.96. The number of benzene rings is 2. The Balaban J connectivity index is 1.34. The summed E-state index contributed by atoms with van der Waals surface area (Å²) in [6, 6.07) is 12.4. The summed E-state index contributed by atoms with van der Waals surface area (Å²) < 4.78 is 3.81. The zero-order chi connectivity index (χ0) is 74.1. The van der Waals surface area contributed by atoms with Crippen LogP contribution in [-0.4, -0.2) is 86.2 Å². The number of aromatic nitrogens is 4. The smallest absolute Gasteiger partial charge is 0.252 e. The number of carbonyl (C=O) groups excluding carboxylic acids is 4. The minimum atomic E-state index is -0.772. The minimum Gasteiger partial charge on any atom is -0.341 e. The lowest BCUT2D eigenvalue weighted by Gasteiger charge is -2.28. The van der Waals surface area contributed by atoms with E-state index in [0.717, 1.165) is 51.4 Å². The second kappa shape index (κ2) is 64.5. The minimum absolute atomic E-state index is 0.0315. The van der Waals surface area contributed by atoms with E-state index in [1.807, 2.05) is 43.9 Å². The van der Waals surface area contributed by atoms with Gasteiger partial charge in [0.15, 0.2) is 0 Å². The van der Waals surface area contributed by atoms with Gasteiger partial charge in [-0.3, -0.25) is 24.2 Å². The van der Waals surface area contributed by atoms with Gasteiger partial charge in [0, 0.05) is 49.7 Å². The topological polar surface area (TPSA) is 161 Å². The molecule has 0 aliphatic carbocycles. The quantitative estimate of drug-likeness (QED) is 0.0227. The maximum absolute atomic E-state index is 14.8. The Kier molecular flexibility index (Phi) is 56.3. The molecule has 14 heteroatoms. The Morgan fingerprint density at radius 3 is 0.913 bits per heavy atom. The van der Waals surface area contributed by atoms with E-state index in [1.54, 1.807) is 61.1 Å². The van der Waals surface area contributed by atoms with E-state index in [1.165, 1.54) is 308 Å². The van der Waals surface area contributed by atoms with Crippen molar-refractivity contribution in [2.24, 2.45) is 10.2 Å². The zero-order valence-electron chi connectivity index (χ0n) is 67.3. The maximum atomic E-state index is 14.8. The summed E-state index contributed by atoms with van der Waals surface area (Å²) >= 11 is 0. The molecule has 2 aromatic heterocycles.